The molecule has 1 aromatic heterocycles. The monoisotopic (exact) mass is 381 g/mol. The van der Waals surface area contributed by atoms with Crippen molar-refractivity contribution in [3.63, 3.8) is 0 Å². The van der Waals surface area contributed by atoms with Crippen LogP contribution >= 0.6 is 0 Å². The van der Waals surface area contributed by atoms with Crippen molar-refractivity contribution in [2.24, 2.45) is 0 Å². The third-order valence-electron chi connectivity index (χ3n) is 4.98. The number of carbonyl (C=O) groups excluding carboxylic acids is 1. The van der Waals surface area contributed by atoms with Crippen LogP contribution in [0, 0.1) is 11.6 Å². The zero-order valence-corrected chi connectivity index (χ0v) is 15.4. The SMILES string of the molecule is O=C(CCc1cc(F)ccc1F)Nc1cccc(-c2cn3c(n2)CCCC3)c1. The van der Waals surface area contributed by atoms with Crippen LogP contribution in [-0.4, -0.2) is 15.5 Å². The normalized spacial score (nSPS) is 13.2. The van der Waals surface area contributed by atoms with E-state index in [4.69, 9.17) is 4.98 Å². The highest BCUT2D eigenvalue weighted by Crippen LogP contribution is 2.25. The Morgan fingerprint density at radius 1 is 1.14 bits per heavy atom. The highest BCUT2D eigenvalue weighted by atomic mass is 19.1. The first kappa shape index (κ1) is 18.3. The van der Waals surface area contributed by atoms with E-state index in [-0.39, 0.29) is 24.3 Å². The van der Waals surface area contributed by atoms with Crippen molar-refractivity contribution in [2.75, 3.05) is 5.32 Å². The smallest absolute Gasteiger partial charge is 0.224 e. The number of imidazole rings is 1. The summed E-state index contributed by atoms with van der Waals surface area (Å²) in [4.78, 5) is 17.0. The van der Waals surface area contributed by atoms with Crippen molar-refractivity contribution in [1.29, 1.82) is 0 Å². The molecular weight excluding hydrogens is 360 g/mol. The van der Waals surface area contributed by atoms with Gasteiger partial charge in [0.1, 0.15) is 17.5 Å². The van der Waals surface area contributed by atoms with Crippen molar-refractivity contribution < 1.29 is 13.6 Å². The Kier molecular flexibility index (Phi) is 5.19. The average molecular weight is 381 g/mol. The zero-order chi connectivity index (χ0) is 19.5. The van der Waals surface area contributed by atoms with Gasteiger partial charge in [-0.25, -0.2) is 13.8 Å². The van der Waals surface area contributed by atoms with E-state index in [1.807, 2.05) is 18.2 Å². The van der Waals surface area contributed by atoms with Gasteiger partial charge in [0.25, 0.3) is 0 Å². The Morgan fingerprint density at radius 3 is 2.89 bits per heavy atom. The van der Waals surface area contributed by atoms with Gasteiger partial charge in [-0.2, -0.15) is 0 Å². The van der Waals surface area contributed by atoms with Gasteiger partial charge in [-0.3, -0.25) is 4.79 Å². The van der Waals surface area contributed by atoms with E-state index in [1.165, 1.54) is 12.8 Å². The predicted octanol–water partition coefficient (Wildman–Crippen LogP) is 4.74. The summed E-state index contributed by atoms with van der Waals surface area (Å²) in [7, 11) is 0. The van der Waals surface area contributed by atoms with Gasteiger partial charge < -0.3 is 9.88 Å². The lowest BCUT2D eigenvalue weighted by molar-refractivity contribution is -0.116. The van der Waals surface area contributed by atoms with Crippen LogP contribution < -0.4 is 5.32 Å². The van der Waals surface area contributed by atoms with Crippen molar-refractivity contribution >= 4 is 11.6 Å². The number of hydrogen-bond acceptors (Lipinski definition) is 2. The lowest BCUT2D eigenvalue weighted by Gasteiger charge is -2.11. The number of benzene rings is 2. The van der Waals surface area contributed by atoms with Gasteiger partial charge >= 0.3 is 0 Å². The molecule has 1 aliphatic rings. The summed E-state index contributed by atoms with van der Waals surface area (Å²) >= 11 is 0. The maximum atomic E-state index is 13.7. The third-order valence-corrected chi connectivity index (χ3v) is 4.98. The molecule has 2 aromatic carbocycles. The molecule has 1 N–H and O–H groups in total. The Balaban J connectivity index is 1.42. The third kappa shape index (κ3) is 4.11. The summed E-state index contributed by atoms with van der Waals surface area (Å²) in [5.41, 5.74) is 2.70. The molecule has 28 heavy (non-hydrogen) atoms. The van der Waals surface area contributed by atoms with Crippen LogP contribution in [0.2, 0.25) is 0 Å². The summed E-state index contributed by atoms with van der Waals surface area (Å²) in [6.07, 6.45) is 5.60. The van der Waals surface area contributed by atoms with E-state index >= 15 is 0 Å². The van der Waals surface area contributed by atoms with E-state index in [0.29, 0.717) is 5.69 Å². The Bertz CT molecular complexity index is 989. The quantitative estimate of drug-likeness (QED) is 0.694. The van der Waals surface area contributed by atoms with E-state index in [2.05, 4.69) is 16.1 Å². The van der Waals surface area contributed by atoms with Gasteiger partial charge in [0.15, 0.2) is 0 Å². The first-order valence-corrected chi connectivity index (χ1v) is 9.49. The molecule has 0 spiro atoms. The van der Waals surface area contributed by atoms with Crippen LogP contribution in [0.25, 0.3) is 11.3 Å². The molecule has 0 bridgehead atoms. The molecule has 1 aliphatic heterocycles. The highest BCUT2D eigenvalue weighted by molar-refractivity contribution is 5.91. The van der Waals surface area contributed by atoms with Crippen molar-refractivity contribution in [1.82, 2.24) is 9.55 Å². The standard InChI is InChI=1S/C22H21F2N3O/c23-17-8-9-19(24)15(12-17)7-10-22(28)25-18-5-3-4-16(13-18)20-14-27-11-2-1-6-21(27)26-20/h3-5,8-9,12-14H,1-2,6-7,10-11H2,(H,25,28). The van der Waals surface area contributed by atoms with Gasteiger partial charge in [-0.15, -0.1) is 0 Å². The molecule has 1 amide bonds. The molecule has 0 saturated carbocycles. The van der Waals surface area contributed by atoms with E-state index in [9.17, 15) is 13.6 Å². The Labute approximate surface area is 162 Å². The Morgan fingerprint density at radius 2 is 2.04 bits per heavy atom. The summed E-state index contributed by atoms with van der Waals surface area (Å²) in [5, 5.41) is 2.83. The minimum atomic E-state index is -0.507. The molecule has 0 unspecified atom stereocenters. The summed E-state index contributed by atoms with van der Waals surface area (Å²) in [6, 6.07) is 10.8. The number of anilines is 1. The fourth-order valence-corrected chi connectivity index (χ4v) is 3.51. The number of aryl methyl sites for hydroxylation is 3. The van der Waals surface area contributed by atoms with Crippen LogP contribution in [0.5, 0.6) is 0 Å². The van der Waals surface area contributed by atoms with Crippen LogP contribution in [0.1, 0.15) is 30.7 Å². The molecular formula is C22H21F2N3O. The minimum Gasteiger partial charge on any atom is -0.334 e. The van der Waals surface area contributed by atoms with Crippen LogP contribution in [0.15, 0.2) is 48.7 Å². The molecule has 0 fully saturated rings. The van der Waals surface area contributed by atoms with Gasteiger partial charge in [-0.1, -0.05) is 12.1 Å². The number of amides is 1. The predicted molar refractivity (Wildman–Crippen MR) is 104 cm³/mol. The molecule has 4 rings (SSSR count). The number of rotatable bonds is 5. The molecule has 6 heteroatoms. The molecule has 144 valence electrons. The summed E-state index contributed by atoms with van der Waals surface area (Å²) in [6.45, 7) is 0.995. The maximum Gasteiger partial charge on any atom is 0.224 e. The second-order valence-corrected chi connectivity index (χ2v) is 7.06. The van der Waals surface area contributed by atoms with Gasteiger partial charge in [0, 0.05) is 36.8 Å². The first-order chi connectivity index (χ1) is 13.6. The Hall–Kier alpha value is -3.02. The number of nitrogens with zero attached hydrogens (tertiary/aromatic N) is 2. The highest BCUT2D eigenvalue weighted by Gasteiger charge is 2.14. The number of halogens is 2. The molecule has 0 atom stereocenters. The number of carbonyl (C=O) groups is 1. The number of aromatic nitrogens is 2. The number of fused-ring (bicyclic) bond motifs is 1. The fourth-order valence-electron chi connectivity index (χ4n) is 3.51. The lowest BCUT2D eigenvalue weighted by atomic mass is 10.1. The van der Waals surface area contributed by atoms with E-state index in [1.54, 1.807) is 6.07 Å². The maximum absolute atomic E-state index is 13.7. The largest absolute Gasteiger partial charge is 0.334 e. The van der Waals surface area contributed by atoms with Crippen molar-refractivity contribution in [3.8, 4) is 11.3 Å². The first-order valence-electron chi connectivity index (χ1n) is 9.49. The lowest BCUT2D eigenvalue weighted by Crippen LogP contribution is -2.12. The zero-order valence-electron chi connectivity index (χ0n) is 15.4. The average Bonchev–Trinajstić information content (AvgIpc) is 3.13. The van der Waals surface area contributed by atoms with Gasteiger partial charge in [0.2, 0.25) is 5.91 Å². The number of hydrogen-bond donors (Lipinski definition) is 1. The summed E-state index contributed by atoms with van der Waals surface area (Å²) in [5.74, 6) is -0.148. The summed E-state index contributed by atoms with van der Waals surface area (Å²) < 4.78 is 29.1. The molecule has 2 heterocycles. The van der Waals surface area contributed by atoms with E-state index < -0.39 is 11.6 Å². The molecule has 4 nitrogen and oxygen atoms in total. The molecule has 0 saturated heterocycles. The fraction of sp³-hybridized carbons (Fsp3) is 0.273. The molecule has 0 aliphatic carbocycles. The van der Waals surface area contributed by atoms with E-state index in [0.717, 1.165) is 48.2 Å². The second-order valence-electron chi connectivity index (χ2n) is 7.06. The van der Waals surface area contributed by atoms with Crippen molar-refractivity contribution in [2.45, 2.75) is 38.6 Å². The van der Waals surface area contributed by atoms with Crippen LogP contribution in [0.4, 0.5) is 14.5 Å². The topological polar surface area (TPSA) is 46.9 Å². The molecule has 0 radical (unpaired) electrons. The van der Waals surface area contributed by atoms with Gasteiger partial charge in [-0.05, 0) is 55.2 Å². The van der Waals surface area contributed by atoms with Gasteiger partial charge in [0.05, 0.1) is 5.69 Å². The van der Waals surface area contributed by atoms with Crippen LogP contribution in [-0.2, 0) is 24.2 Å². The number of nitrogens with one attached hydrogen (secondary N) is 1. The molecule has 3 aromatic rings. The van der Waals surface area contributed by atoms with Crippen LogP contribution in [0.3, 0.4) is 0 Å². The second kappa shape index (κ2) is 7.92. The van der Waals surface area contributed by atoms with Crippen molar-refractivity contribution in [3.05, 3.63) is 71.7 Å². The minimum absolute atomic E-state index is 0.0728.